The number of aromatic nitrogens is 3. The van der Waals surface area contributed by atoms with Crippen molar-refractivity contribution < 1.29 is 9.53 Å². The van der Waals surface area contributed by atoms with Crippen LogP contribution >= 0.6 is 0 Å². The van der Waals surface area contributed by atoms with Gasteiger partial charge in [-0.2, -0.15) is 5.10 Å². The zero-order valence-electron chi connectivity index (χ0n) is 14.5. The number of hydrogen-bond donors (Lipinski definition) is 0. The molecular formula is C19H18N4O3. The van der Waals surface area contributed by atoms with Gasteiger partial charge >= 0.3 is 0 Å². The van der Waals surface area contributed by atoms with E-state index in [2.05, 4.69) is 10.1 Å². The van der Waals surface area contributed by atoms with Gasteiger partial charge in [0.15, 0.2) is 0 Å². The standard InChI is InChI=1S/C19H18N4O3/c1-22-18(24)10-9-17(21-22)19(25)23(13-14-4-3-11-20-12-14)15-5-7-16(26-2)8-6-15/h3-12H,13H2,1-2H3. The predicted octanol–water partition coefficient (Wildman–Crippen LogP) is 2.03. The monoisotopic (exact) mass is 350 g/mol. The van der Waals surface area contributed by atoms with Gasteiger partial charge in [-0.3, -0.25) is 14.6 Å². The number of amides is 1. The Morgan fingerprint density at radius 3 is 2.54 bits per heavy atom. The summed E-state index contributed by atoms with van der Waals surface area (Å²) in [6.45, 7) is 0.323. The van der Waals surface area contributed by atoms with E-state index in [9.17, 15) is 9.59 Å². The average Bonchev–Trinajstić information content (AvgIpc) is 2.68. The number of aryl methyl sites for hydroxylation is 1. The molecule has 0 atom stereocenters. The number of rotatable bonds is 5. The Kier molecular flexibility index (Phi) is 5.07. The zero-order chi connectivity index (χ0) is 18.5. The van der Waals surface area contributed by atoms with Crippen LogP contribution < -0.4 is 15.2 Å². The van der Waals surface area contributed by atoms with E-state index in [4.69, 9.17) is 4.74 Å². The van der Waals surface area contributed by atoms with Gasteiger partial charge in [-0.25, -0.2) is 4.68 Å². The third-order valence-corrected chi connectivity index (χ3v) is 3.87. The van der Waals surface area contributed by atoms with E-state index in [1.165, 1.54) is 19.2 Å². The molecule has 26 heavy (non-hydrogen) atoms. The van der Waals surface area contributed by atoms with Crippen molar-refractivity contribution in [3.8, 4) is 5.75 Å². The summed E-state index contributed by atoms with van der Waals surface area (Å²) in [4.78, 5) is 30.3. The fourth-order valence-corrected chi connectivity index (χ4v) is 2.47. The zero-order valence-corrected chi connectivity index (χ0v) is 14.5. The smallest absolute Gasteiger partial charge is 0.279 e. The van der Waals surface area contributed by atoms with E-state index >= 15 is 0 Å². The van der Waals surface area contributed by atoms with Crippen LogP contribution in [0.5, 0.6) is 5.75 Å². The highest BCUT2D eigenvalue weighted by molar-refractivity contribution is 6.04. The minimum atomic E-state index is -0.311. The van der Waals surface area contributed by atoms with Gasteiger partial charge in [0.25, 0.3) is 11.5 Å². The normalized spacial score (nSPS) is 10.4. The molecule has 0 aliphatic rings. The first kappa shape index (κ1) is 17.3. The Hall–Kier alpha value is -3.48. The van der Waals surface area contributed by atoms with Crippen LogP contribution in [0.3, 0.4) is 0 Å². The van der Waals surface area contributed by atoms with Crippen molar-refractivity contribution in [3.63, 3.8) is 0 Å². The quantitative estimate of drug-likeness (QED) is 0.704. The van der Waals surface area contributed by atoms with Crippen molar-refractivity contribution in [2.24, 2.45) is 7.05 Å². The molecule has 2 aromatic heterocycles. The molecule has 0 fully saturated rings. The predicted molar refractivity (Wildman–Crippen MR) is 97.2 cm³/mol. The van der Waals surface area contributed by atoms with Crippen LogP contribution in [0.15, 0.2) is 65.7 Å². The highest BCUT2D eigenvalue weighted by Crippen LogP contribution is 2.22. The Bertz CT molecular complexity index is 953. The summed E-state index contributed by atoms with van der Waals surface area (Å²) < 4.78 is 6.32. The molecule has 1 aromatic carbocycles. The van der Waals surface area contributed by atoms with Crippen LogP contribution in [0.4, 0.5) is 5.69 Å². The Labute approximate surface area is 150 Å². The highest BCUT2D eigenvalue weighted by Gasteiger charge is 2.20. The fraction of sp³-hybridized carbons (Fsp3) is 0.158. The van der Waals surface area contributed by atoms with Crippen LogP contribution in [-0.2, 0) is 13.6 Å². The second-order valence-electron chi connectivity index (χ2n) is 5.63. The molecule has 132 valence electrons. The molecule has 0 radical (unpaired) electrons. The summed E-state index contributed by atoms with van der Waals surface area (Å²) in [7, 11) is 3.10. The van der Waals surface area contributed by atoms with Gasteiger partial charge in [-0.05, 0) is 42.0 Å². The van der Waals surface area contributed by atoms with Crippen molar-refractivity contribution >= 4 is 11.6 Å². The number of hydrogen-bond acceptors (Lipinski definition) is 5. The van der Waals surface area contributed by atoms with Gasteiger partial charge in [0.2, 0.25) is 0 Å². The number of ether oxygens (including phenoxy) is 1. The van der Waals surface area contributed by atoms with Gasteiger partial charge in [0.1, 0.15) is 11.4 Å². The molecule has 0 saturated heterocycles. The lowest BCUT2D eigenvalue weighted by atomic mass is 10.2. The second kappa shape index (κ2) is 7.60. The number of benzene rings is 1. The van der Waals surface area contributed by atoms with E-state index in [0.717, 1.165) is 10.2 Å². The first-order chi connectivity index (χ1) is 12.6. The number of methoxy groups -OCH3 is 1. The van der Waals surface area contributed by atoms with E-state index in [-0.39, 0.29) is 17.2 Å². The van der Waals surface area contributed by atoms with Crippen molar-refractivity contribution in [3.05, 3.63) is 82.5 Å². The lowest BCUT2D eigenvalue weighted by Crippen LogP contribution is -2.33. The molecule has 1 amide bonds. The van der Waals surface area contributed by atoms with Crippen molar-refractivity contribution in [1.29, 1.82) is 0 Å². The molecular weight excluding hydrogens is 332 g/mol. The molecule has 0 saturated carbocycles. The molecule has 0 aliphatic heterocycles. The maximum atomic E-state index is 13.1. The Balaban J connectivity index is 1.99. The summed E-state index contributed by atoms with van der Waals surface area (Å²) in [5, 5.41) is 4.07. The lowest BCUT2D eigenvalue weighted by molar-refractivity contribution is 0.0978. The molecule has 3 rings (SSSR count). The average molecular weight is 350 g/mol. The molecule has 3 aromatic rings. The largest absolute Gasteiger partial charge is 0.497 e. The van der Waals surface area contributed by atoms with Gasteiger partial charge in [0, 0.05) is 31.2 Å². The Morgan fingerprint density at radius 1 is 1.15 bits per heavy atom. The molecule has 0 bridgehead atoms. The number of nitrogens with zero attached hydrogens (tertiary/aromatic N) is 4. The minimum Gasteiger partial charge on any atom is -0.497 e. The van der Waals surface area contributed by atoms with Gasteiger partial charge in [-0.15, -0.1) is 0 Å². The van der Waals surface area contributed by atoms with Crippen LogP contribution in [0.25, 0.3) is 0 Å². The summed E-state index contributed by atoms with van der Waals surface area (Å²) in [6.07, 6.45) is 3.38. The number of carbonyl (C=O) groups excluding carboxylic acids is 1. The van der Waals surface area contributed by atoms with Crippen molar-refractivity contribution in [2.45, 2.75) is 6.54 Å². The van der Waals surface area contributed by atoms with E-state index < -0.39 is 0 Å². The van der Waals surface area contributed by atoms with Gasteiger partial charge in [0.05, 0.1) is 13.7 Å². The third kappa shape index (κ3) is 3.77. The third-order valence-electron chi connectivity index (χ3n) is 3.87. The van der Waals surface area contributed by atoms with E-state index in [1.54, 1.807) is 48.7 Å². The SMILES string of the molecule is COc1ccc(N(Cc2cccnc2)C(=O)c2ccc(=O)n(C)n2)cc1. The number of carbonyl (C=O) groups is 1. The Morgan fingerprint density at radius 2 is 1.92 bits per heavy atom. The maximum Gasteiger partial charge on any atom is 0.279 e. The maximum absolute atomic E-state index is 13.1. The molecule has 7 heteroatoms. The van der Waals surface area contributed by atoms with Crippen molar-refractivity contribution in [2.75, 3.05) is 12.0 Å². The topological polar surface area (TPSA) is 77.3 Å². The molecule has 0 unspecified atom stereocenters. The summed E-state index contributed by atoms with van der Waals surface area (Å²) in [5.41, 5.74) is 1.48. The molecule has 7 nitrogen and oxygen atoms in total. The number of pyridine rings is 1. The molecule has 0 N–H and O–H groups in total. The van der Waals surface area contributed by atoms with Crippen molar-refractivity contribution in [1.82, 2.24) is 14.8 Å². The van der Waals surface area contributed by atoms with Crippen LogP contribution in [0, 0.1) is 0 Å². The summed E-state index contributed by atoms with van der Waals surface area (Å²) in [5.74, 6) is 0.386. The van der Waals surface area contributed by atoms with E-state index in [0.29, 0.717) is 18.0 Å². The van der Waals surface area contributed by atoms with Gasteiger partial charge in [-0.1, -0.05) is 6.07 Å². The summed E-state index contributed by atoms with van der Waals surface area (Å²) >= 11 is 0. The first-order valence-electron chi connectivity index (χ1n) is 7.97. The van der Waals surface area contributed by atoms with Crippen LogP contribution in [0.2, 0.25) is 0 Å². The highest BCUT2D eigenvalue weighted by atomic mass is 16.5. The number of anilines is 1. The molecule has 2 heterocycles. The fourth-order valence-electron chi connectivity index (χ4n) is 2.47. The van der Waals surface area contributed by atoms with Gasteiger partial charge < -0.3 is 9.64 Å². The van der Waals surface area contributed by atoms with Crippen LogP contribution in [-0.4, -0.2) is 27.8 Å². The van der Waals surface area contributed by atoms with Crippen LogP contribution in [0.1, 0.15) is 16.1 Å². The van der Waals surface area contributed by atoms with E-state index in [1.807, 2.05) is 12.1 Å². The lowest BCUT2D eigenvalue weighted by Gasteiger charge is -2.23. The molecule has 0 aliphatic carbocycles. The molecule has 0 spiro atoms. The second-order valence-corrected chi connectivity index (χ2v) is 5.63. The first-order valence-corrected chi connectivity index (χ1v) is 7.97. The minimum absolute atomic E-state index is 0.187. The summed E-state index contributed by atoms with van der Waals surface area (Å²) in [6, 6.07) is 13.6.